The van der Waals surface area contributed by atoms with E-state index in [2.05, 4.69) is 13.8 Å². The van der Waals surface area contributed by atoms with E-state index in [4.69, 9.17) is 9.47 Å². The highest BCUT2D eigenvalue weighted by Gasteiger charge is 2.06. The first-order valence-electron chi connectivity index (χ1n) is 9.76. The Kier molecular flexibility index (Phi) is 14.8. The fourth-order valence-electron chi connectivity index (χ4n) is 2.23. The topological polar surface area (TPSA) is 52.6 Å². The number of ether oxygens (including phenoxy) is 2. The van der Waals surface area contributed by atoms with Crippen molar-refractivity contribution in [3.63, 3.8) is 0 Å². The van der Waals surface area contributed by atoms with E-state index in [1.54, 1.807) is 0 Å². The first-order chi connectivity index (χ1) is 11.5. The molecule has 0 saturated carbocycles. The molecule has 0 aliphatic rings. The molecule has 4 nitrogen and oxygen atoms in total. The molecule has 0 N–H and O–H groups in total. The van der Waals surface area contributed by atoms with Gasteiger partial charge in [0.05, 0.1) is 13.2 Å². The van der Waals surface area contributed by atoms with Gasteiger partial charge in [0.25, 0.3) is 0 Å². The number of unbranched alkanes of at least 4 members (excludes halogenated alkanes) is 5. The Labute approximate surface area is 148 Å². The van der Waals surface area contributed by atoms with Crippen LogP contribution in [0.25, 0.3) is 0 Å². The van der Waals surface area contributed by atoms with Gasteiger partial charge in [-0.3, -0.25) is 9.59 Å². The maximum Gasteiger partial charge on any atom is 0.305 e. The van der Waals surface area contributed by atoms with Gasteiger partial charge in [0.1, 0.15) is 0 Å². The van der Waals surface area contributed by atoms with Crippen molar-refractivity contribution < 1.29 is 19.1 Å². The smallest absolute Gasteiger partial charge is 0.305 e. The molecule has 0 aliphatic carbocycles. The van der Waals surface area contributed by atoms with Crippen molar-refractivity contribution >= 4 is 11.9 Å². The van der Waals surface area contributed by atoms with Crippen molar-refractivity contribution in [1.82, 2.24) is 0 Å². The molecule has 0 amide bonds. The van der Waals surface area contributed by atoms with Crippen LogP contribution in [0.3, 0.4) is 0 Å². The Morgan fingerprint density at radius 2 is 1.29 bits per heavy atom. The SMILES string of the molecule is CCC(C)CCOC(=O)CCCCCCCCC(=O)OCC(C)C. The van der Waals surface area contributed by atoms with Crippen molar-refractivity contribution in [3.8, 4) is 0 Å². The third-order valence-electron chi connectivity index (χ3n) is 4.16. The van der Waals surface area contributed by atoms with E-state index in [0.717, 1.165) is 51.4 Å². The quantitative estimate of drug-likeness (QED) is 0.300. The van der Waals surface area contributed by atoms with Crippen LogP contribution in [0.4, 0.5) is 0 Å². The summed E-state index contributed by atoms with van der Waals surface area (Å²) in [4.78, 5) is 23.0. The lowest BCUT2D eigenvalue weighted by atomic mass is 10.1. The van der Waals surface area contributed by atoms with Gasteiger partial charge in [-0.1, -0.05) is 59.8 Å². The van der Waals surface area contributed by atoms with E-state index in [9.17, 15) is 9.59 Å². The van der Waals surface area contributed by atoms with Crippen LogP contribution < -0.4 is 0 Å². The summed E-state index contributed by atoms with van der Waals surface area (Å²) in [5.74, 6) is 0.881. The molecule has 0 aromatic carbocycles. The van der Waals surface area contributed by atoms with Gasteiger partial charge in [-0.15, -0.1) is 0 Å². The van der Waals surface area contributed by atoms with Crippen LogP contribution in [-0.2, 0) is 19.1 Å². The van der Waals surface area contributed by atoms with Crippen LogP contribution in [0.1, 0.15) is 91.9 Å². The van der Waals surface area contributed by atoms with Crippen LogP contribution >= 0.6 is 0 Å². The molecule has 1 atom stereocenters. The molecule has 0 spiro atoms. The van der Waals surface area contributed by atoms with Gasteiger partial charge in [0.15, 0.2) is 0 Å². The van der Waals surface area contributed by atoms with E-state index in [1.165, 1.54) is 0 Å². The highest BCUT2D eigenvalue weighted by molar-refractivity contribution is 5.69. The summed E-state index contributed by atoms with van der Waals surface area (Å²) in [6.07, 6.45) is 9.27. The molecule has 0 radical (unpaired) electrons. The second kappa shape index (κ2) is 15.5. The van der Waals surface area contributed by atoms with Crippen LogP contribution in [0.5, 0.6) is 0 Å². The van der Waals surface area contributed by atoms with Crippen molar-refractivity contribution in [3.05, 3.63) is 0 Å². The molecule has 142 valence electrons. The predicted octanol–water partition coefficient (Wildman–Crippen LogP) is 5.29. The summed E-state index contributed by atoms with van der Waals surface area (Å²) in [5.41, 5.74) is 0. The molecule has 0 aromatic rings. The molecule has 24 heavy (non-hydrogen) atoms. The summed E-state index contributed by atoms with van der Waals surface area (Å²) in [6, 6.07) is 0. The molecule has 1 unspecified atom stereocenters. The third-order valence-corrected chi connectivity index (χ3v) is 4.16. The molecule has 0 bridgehead atoms. The van der Waals surface area contributed by atoms with Crippen molar-refractivity contribution in [1.29, 1.82) is 0 Å². The van der Waals surface area contributed by atoms with Gasteiger partial charge in [-0.25, -0.2) is 0 Å². The number of esters is 2. The van der Waals surface area contributed by atoms with E-state index >= 15 is 0 Å². The Morgan fingerprint density at radius 3 is 1.79 bits per heavy atom. The van der Waals surface area contributed by atoms with Crippen molar-refractivity contribution in [2.75, 3.05) is 13.2 Å². The summed E-state index contributed by atoms with van der Waals surface area (Å²) in [6.45, 7) is 9.48. The second-order valence-electron chi connectivity index (χ2n) is 7.22. The molecule has 0 aromatic heterocycles. The first-order valence-corrected chi connectivity index (χ1v) is 9.76. The largest absolute Gasteiger partial charge is 0.466 e. The maximum atomic E-state index is 11.6. The average molecular weight is 343 g/mol. The Balaban J connectivity index is 3.32. The van der Waals surface area contributed by atoms with Gasteiger partial charge in [-0.2, -0.15) is 0 Å². The zero-order valence-electron chi connectivity index (χ0n) is 16.3. The molecule has 0 heterocycles. The van der Waals surface area contributed by atoms with Crippen molar-refractivity contribution in [2.45, 2.75) is 91.9 Å². The summed E-state index contributed by atoms with van der Waals surface area (Å²) >= 11 is 0. The number of carbonyl (C=O) groups is 2. The zero-order valence-corrected chi connectivity index (χ0v) is 16.3. The normalized spacial score (nSPS) is 12.2. The van der Waals surface area contributed by atoms with Crippen LogP contribution in [-0.4, -0.2) is 25.2 Å². The zero-order chi connectivity index (χ0) is 18.2. The summed E-state index contributed by atoms with van der Waals surface area (Å²) in [5, 5.41) is 0. The third kappa shape index (κ3) is 15.8. The lowest BCUT2D eigenvalue weighted by Crippen LogP contribution is -2.09. The lowest BCUT2D eigenvalue weighted by Gasteiger charge is -2.09. The molecule has 4 heteroatoms. The van der Waals surface area contributed by atoms with E-state index in [0.29, 0.717) is 37.9 Å². The fourth-order valence-corrected chi connectivity index (χ4v) is 2.23. The standard InChI is InChI=1S/C20H38O4/c1-5-18(4)14-15-23-19(21)12-10-8-6-7-9-11-13-20(22)24-16-17(2)3/h17-18H,5-16H2,1-4H3. The fraction of sp³-hybridized carbons (Fsp3) is 0.900. The predicted molar refractivity (Wildman–Crippen MR) is 97.8 cm³/mol. The molecule has 0 aliphatic heterocycles. The highest BCUT2D eigenvalue weighted by atomic mass is 16.5. The van der Waals surface area contributed by atoms with Gasteiger partial charge in [-0.05, 0) is 31.1 Å². The average Bonchev–Trinajstić information content (AvgIpc) is 2.55. The molecular formula is C20H38O4. The first kappa shape index (κ1) is 22.9. The number of rotatable bonds is 15. The Morgan fingerprint density at radius 1 is 0.792 bits per heavy atom. The highest BCUT2D eigenvalue weighted by Crippen LogP contribution is 2.11. The summed E-state index contributed by atoms with van der Waals surface area (Å²) in [7, 11) is 0. The monoisotopic (exact) mass is 342 g/mol. The number of hydrogen-bond donors (Lipinski definition) is 0. The lowest BCUT2D eigenvalue weighted by molar-refractivity contribution is -0.145. The minimum atomic E-state index is -0.0798. The van der Waals surface area contributed by atoms with Crippen LogP contribution in [0, 0.1) is 11.8 Å². The Hall–Kier alpha value is -1.06. The molecular weight excluding hydrogens is 304 g/mol. The maximum absolute atomic E-state index is 11.6. The van der Waals surface area contributed by atoms with E-state index in [1.807, 2.05) is 13.8 Å². The second-order valence-corrected chi connectivity index (χ2v) is 7.22. The van der Waals surface area contributed by atoms with Crippen LogP contribution in [0.15, 0.2) is 0 Å². The molecule has 0 saturated heterocycles. The van der Waals surface area contributed by atoms with Gasteiger partial charge in [0.2, 0.25) is 0 Å². The van der Waals surface area contributed by atoms with Crippen LogP contribution in [0.2, 0.25) is 0 Å². The number of hydrogen-bond acceptors (Lipinski definition) is 4. The molecule has 0 rings (SSSR count). The minimum Gasteiger partial charge on any atom is -0.466 e. The summed E-state index contributed by atoms with van der Waals surface area (Å²) < 4.78 is 10.4. The van der Waals surface area contributed by atoms with Crippen molar-refractivity contribution in [2.24, 2.45) is 11.8 Å². The number of carbonyl (C=O) groups excluding carboxylic acids is 2. The van der Waals surface area contributed by atoms with E-state index in [-0.39, 0.29) is 11.9 Å². The Bertz CT molecular complexity index is 326. The van der Waals surface area contributed by atoms with Gasteiger partial charge in [0, 0.05) is 12.8 Å². The van der Waals surface area contributed by atoms with Gasteiger partial charge >= 0.3 is 11.9 Å². The minimum absolute atomic E-state index is 0.0637. The van der Waals surface area contributed by atoms with E-state index < -0.39 is 0 Å². The van der Waals surface area contributed by atoms with Gasteiger partial charge < -0.3 is 9.47 Å². The molecule has 0 fully saturated rings.